The smallest absolute Gasteiger partial charge is 0.306 e. The Bertz CT molecular complexity index is 969. The highest BCUT2D eigenvalue weighted by Crippen LogP contribution is 2.14. The van der Waals surface area contributed by atoms with Crippen molar-refractivity contribution in [2.24, 2.45) is 0 Å². The number of esters is 3. The van der Waals surface area contributed by atoms with Crippen molar-refractivity contribution < 1.29 is 28.6 Å². The van der Waals surface area contributed by atoms with Gasteiger partial charge < -0.3 is 14.2 Å². The van der Waals surface area contributed by atoms with Crippen LogP contribution in [0.25, 0.3) is 0 Å². The molecule has 0 rings (SSSR count). The van der Waals surface area contributed by atoms with Crippen LogP contribution in [0.15, 0.2) is 36.5 Å². The Morgan fingerprint density at radius 1 is 0.351 bits per heavy atom. The molecule has 6 heteroatoms. The van der Waals surface area contributed by atoms with Crippen LogP contribution in [0.2, 0.25) is 0 Å². The predicted octanol–water partition coefficient (Wildman–Crippen LogP) is 15.8. The third kappa shape index (κ3) is 44.6. The van der Waals surface area contributed by atoms with Crippen molar-refractivity contribution in [1.29, 1.82) is 0 Å². The van der Waals surface area contributed by atoms with E-state index in [2.05, 4.69) is 51.2 Å². The Morgan fingerprint density at radius 3 is 1.11 bits per heavy atom. The average Bonchev–Trinajstić information content (AvgIpc) is 3.21. The molecule has 0 N–H and O–H groups in total. The summed E-state index contributed by atoms with van der Waals surface area (Å²) in [6.07, 6.45) is 52.8. The zero-order valence-electron chi connectivity index (χ0n) is 37.9. The lowest BCUT2D eigenvalue weighted by molar-refractivity contribution is -0.166. The average molecular weight is 801 g/mol. The van der Waals surface area contributed by atoms with Crippen molar-refractivity contribution in [2.45, 2.75) is 258 Å². The molecule has 1 atom stereocenters. The Morgan fingerprint density at radius 2 is 0.667 bits per heavy atom. The summed E-state index contributed by atoms with van der Waals surface area (Å²) in [5.41, 5.74) is 0. The minimum Gasteiger partial charge on any atom is -0.462 e. The fraction of sp³-hybridized carbons (Fsp3) is 0.824. The number of allylic oxidation sites excluding steroid dienone is 6. The standard InChI is InChI=1S/C51H92O6/c1-4-7-10-13-16-19-22-25-28-31-34-37-40-43-49(52)55-46-48(57-51(54)45-42-39-36-33-30-27-24-21-18-15-12-9-6-3)47-56-50(53)44-41-38-35-32-29-26-23-20-17-14-11-8-5-2/h25,27-28,30,34,37,48H,4-24,26,29,31-33,35-36,38-47H2,1-3H3/b28-25-,30-27-,37-34-. The molecule has 0 aliphatic heterocycles. The van der Waals surface area contributed by atoms with E-state index in [9.17, 15) is 14.4 Å². The number of unbranched alkanes of at least 4 members (excludes halogenated alkanes) is 27. The van der Waals surface area contributed by atoms with Crippen LogP contribution in [0, 0.1) is 0 Å². The van der Waals surface area contributed by atoms with Crippen molar-refractivity contribution in [3.63, 3.8) is 0 Å². The third-order valence-corrected chi connectivity index (χ3v) is 10.6. The van der Waals surface area contributed by atoms with E-state index in [4.69, 9.17) is 14.2 Å². The summed E-state index contributed by atoms with van der Waals surface area (Å²) in [7, 11) is 0. The van der Waals surface area contributed by atoms with Gasteiger partial charge in [-0.1, -0.05) is 205 Å². The highest BCUT2D eigenvalue weighted by molar-refractivity contribution is 5.71. The topological polar surface area (TPSA) is 78.9 Å². The summed E-state index contributed by atoms with van der Waals surface area (Å²) in [5, 5.41) is 0. The lowest BCUT2D eigenvalue weighted by atomic mass is 10.0. The number of hydrogen-bond acceptors (Lipinski definition) is 6. The monoisotopic (exact) mass is 801 g/mol. The van der Waals surface area contributed by atoms with Crippen molar-refractivity contribution in [3.8, 4) is 0 Å². The summed E-state index contributed by atoms with van der Waals surface area (Å²) < 4.78 is 16.7. The quantitative estimate of drug-likeness (QED) is 0.0264. The fourth-order valence-corrected chi connectivity index (χ4v) is 6.90. The number of carbonyl (C=O) groups is 3. The van der Waals surface area contributed by atoms with Crippen molar-refractivity contribution >= 4 is 17.9 Å². The second-order valence-corrected chi connectivity index (χ2v) is 16.4. The van der Waals surface area contributed by atoms with E-state index < -0.39 is 6.10 Å². The molecule has 57 heavy (non-hydrogen) atoms. The van der Waals surface area contributed by atoms with Gasteiger partial charge in [0, 0.05) is 19.3 Å². The summed E-state index contributed by atoms with van der Waals surface area (Å²) >= 11 is 0. The molecule has 0 bridgehead atoms. The van der Waals surface area contributed by atoms with Crippen LogP contribution < -0.4 is 0 Å². The van der Waals surface area contributed by atoms with Crippen LogP contribution in [0.3, 0.4) is 0 Å². The zero-order chi connectivity index (χ0) is 41.5. The van der Waals surface area contributed by atoms with E-state index in [0.717, 1.165) is 64.2 Å². The summed E-state index contributed by atoms with van der Waals surface area (Å²) in [6, 6.07) is 0. The van der Waals surface area contributed by atoms with E-state index >= 15 is 0 Å². The molecule has 0 amide bonds. The molecule has 0 aromatic rings. The second-order valence-electron chi connectivity index (χ2n) is 16.4. The van der Waals surface area contributed by atoms with Gasteiger partial charge >= 0.3 is 17.9 Å². The van der Waals surface area contributed by atoms with E-state index in [1.807, 2.05) is 6.08 Å². The Hall–Kier alpha value is -2.37. The van der Waals surface area contributed by atoms with Crippen LogP contribution in [0.1, 0.15) is 252 Å². The number of carbonyl (C=O) groups excluding carboxylic acids is 3. The first kappa shape index (κ1) is 54.6. The first-order valence-corrected chi connectivity index (χ1v) is 24.5. The van der Waals surface area contributed by atoms with Gasteiger partial charge in [0.2, 0.25) is 0 Å². The Labute approximate surface area is 353 Å². The second kappa shape index (κ2) is 46.3. The molecule has 6 nitrogen and oxygen atoms in total. The molecule has 0 saturated heterocycles. The van der Waals surface area contributed by atoms with E-state index in [1.165, 1.54) is 141 Å². The van der Waals surface area contributed by atoms with Gasteiger partial charge in [-0.2, -0.15) is 0 Å². The molecule has 332 valence electrons. The maximum absolute atomic E-state index is 12.7. The highest BCUT2D eigenvalue weighted by atomic mass is 16.6. The summed E-state index contributed by atoms with van der Waals surface area (Å²) in [4.78, 5) is 37.8. The van der Waals surface area contributed by atoms with E-state index in [0.29, 0.717) is 19.3 Å². The zero-order valence-corrected chi connectivity index (χ0v) is 37.9. The first-order valence-electron chi connectivity index (χ1n) is 24.5. The summed E-state index contributed by atoms with van der Waals surface area (Å²) in [6.45, 7) is 6.56. The van der Waals surface area contributed by atoms with Gasteiger partial charge in [-0.15, -0.1) is 0 Å². The fourth-order valence-electron chi connectivity index (χ4n) is 6.90. The van der Waals surface area contributed by atoms with Gasteiger partial charge in [0.15, 0.2) is 6.10 Å². The van der Waals surface area contributed by atoms with Crippen LogP contribution in [0.5, 0.6) is 0 Å². The molecule has 0 aromatic carbocycles. The molecule has 0 aromatic heterocycles. The molecule has 0 spiro atoms. The Kier molecular flexibility index (Phi) is 44.4. The van der Waals surface area contributed by atoms with Crippen LogP contribution in [-0.4, -0.2) is 37.2 Å². The van der Waals surface area contributed by atoms with Crippen LogP contribution in [-0.2, 0) is 28.6 Å². The molecule has 0 radical (unpaired) electrons. The molecule has 0 heterocycles. The number of rotatable bonds is 44. The van der Waals surface area contributed by atoms with E-state index in [1.54, 1.807) is 0 Å². The number of ether oxygens (including phenoxy) is 3. The predicted molar refractivity (Wildman–Crippen MR) is 242 cm³/mol. The lowest BCUT2D eigenvalue weighted by Gasteiger charge is -2.18. The van der Waals surface area contributed by atoms with E-state index in [-0.39, 0.29) is 37.5 Å². The normalized spacial score (nSPS) is 12.3. The van der Waals surface area contributed by atoms with Crippen molar-refractivity contribution in [3.05, 3.63) is 36.5 Å². The van der Waals surface area contributed by atoms with Crippen LogP contribution in [0.4, 0.5) is 0 Å². The maximum Gasteiger partial charge on any atom is 0.306 e. The number of hydrogen-bond donors (Lipinski definition) is 0. The van der Waals surface area contributed by atoms with Gasteiger partial charge in [-0.05, 0) is 64.2 Å². The van der Waals surface area contributed by atoms with Crippen molar-refractivity contribution in [2.75, 3.05) is 13.2 Å². The highest BCUT2D eigenvalue weighted by Gasteiger charge is 2.19. The van der Waals surface area contributed by atoms with Gasteiger partial charge in [-0.25, -0.2) is 0 Å². The minimum absolute atomic E-state index is 0.0926. The molecular formula is C51H92O6. The minimum atomic E-state index is -0.797. The molecule has 0 aliphatic rings. The third-order valence-electron chi connectivity index (χ3n) is 10.6. The molecule has 1 unspecified atom stereocenters. The lowest BCUT2D eigenvalue weighted by Crippen LogP contribution is -2.30. The molecular weight excluding hydrogens is 709 g/mol. The Balaban J connectivity index is 4.44. The summed E-state index contributed by atoms with van der Waals surface area (Å²) in [5.74, 6) is -0.974. The van der Waals surface area contributed by atoms with Gasteiger partial charge in [0.25, 0.3) is 0 Å². The van der Waals surface area contributed by atoms with Crippen molar-refractivity contribution in [1.82, 2.24) is 0 Å². The molecule has 0 saturated carbocycles. The molecule has 0 aliphatic carbocycles. The SMILES string of the molecule is CCCCCCCC/C=C\C/C=C\CCC(=O)OCC(COC(=O)CCCCCCCCCCCCCCC)OC(=O)CCCCC/C=C\CCCCCCCC. The first-order chi connectivity index (χ1) is 28.0. The van der Waals surface area contributed by atoms with Crippen LogP contribution >= 0.6 is 0 Å². The van der Waals surface area contributed by atoms with Gasteiger partial charge in [0.1, 0.15) is 13.2 Å². The maximum atomic E-state index is 12.7. The van der Waals surface area contributed by atoms with Gasteiger partial charge in [-0.3, -0.25) is 14.4 Å². The largest absolute Gasteiger partial charge is 0.462 e. The van der Waals surface area contributed by atoms with Gasteiger partial charge in [0.05, 0.1) is 0 Å². The molecule has 0 fully saturated rings.